The summed E-state index contributed by atoms with van der Waals surface area (Å²) in [5.74, 6) is 0.571. The van der Waals surface area contributed by atoms with Crippen molar-refractivity contribution < 1.29 is 9.53 Å². The number of ketones is 1. The van der Waals surface area contributed by atoms with Crippen LogP contribution in [0.15, 0.2) is 48.5 Å². The van der Waals surface area contributed by atoms with Crippen LogP contribution in [0.25, 0.3) is 0 Å². The van der Waals surface area contributed by atoms with Crippen molar-refractivity contribution in [2.75, 3.05) is 0 Å². The largest absolute Gasteiger partial charge is 0.485 e. The quantitative estimate of drug-likeness (QED) is 0.668. The molecule has 1 N–H and O–H groups in total. The maximum atomic E-state index is 12.2. The molecule has 0 heterocycles. The topological polar surface area (TPSA) is 50.1 Å². The van der Waals surface area contributed by atoms with Gasteiger partial charge in [-0.05, 0) is 55.5 Å². The maximum Gasteiger partial charge on any atom is 0.193 e. The molecule has 0 saturated carbocycles. The smallest absolute Gasteiger partial charge is 0.193 e. The summed E-state index contributed by atoms with van der Waals surface area (Å²) >= 11 is 5.80. The van der Waals surface area contributed by atoms with Crippen molar-refractivity contribution in [3.05, 3.63) is 64.7 Å². The van der Waals surface area contributed by atoms with Gasteiger partial charge in [0.15, 0.2) is 5.78 Å². The van der Waals surface area contributed by atoms with E-state index in [-0.39, 0.29) is 11.9 Å². The Morgan fingerprint density at radius 1 is 1.10 bits per heavy atom. The molecule has 20 heavy (non-hydrogen) atoms. The highest BCUT2D eigenvalue weighted by Crippen LogP contribution is 2.17. The van der Waals surface area contributed by atoms with E-state index in [2.05, 4.69) is 0 Å². The fraction of sp³-hybridized carbons (Fsp3) is 0.125. The Labute approximate surface area is 122 Å². The lowest BCUT2D eigenvalue weighted by Crippen LogP contribution is -2.12. The summed E-state index contributed by atoms with van der Waals surface area (Å²) in [4.78, 5) is 12.2. The van der Waals surface area contributed by atoms with Gasteiger partial charge in [0, 0.05) is 22.4 Å². The molecule has 0 saturated heterocycles. The standard InChI is InChI=1S/C16H14ClNO2/c1-11(10-18)20-15-8-4-13(5-9-15)16(19)12-2-6-14(17)7-3-12/h2-11,18H,1H3. The van der Waals surface area contributed by atoms with E-state index >= 15 is 0 Å². The van der Waals surface area contributed by atoms with Crippen LogP contribution < -0.4 is 4.74 Å². The number of ether oxygens (including phenoxy) is 1. The number of carbonyl (C=O) groups excluding carboxylic acids is 1. The average molecular weight is 288 g/mol. The van der Waals surface area contributed by atoms with Crippen molar-refractivity contribution in [3.8, 4) is 5.75 Å². The minimum absolute atomic E-state index is 0.0617. The summed E-state index contributed by atoms with van der Waals surface area (Å²) in [5.41, 5.74) is 1.18. The Balaban J connectivity index is 2.15. The van der Waals surface area contributed by atoms with Crippen LogP contribution in [0.2, 0.25) is 5.02 Å². The zero-order chi connectivity index (χ0) is 14.5. The Bertz CT molecular complexity index is 605. The summed E-state index contributed by atoms with van der Waals surface area (Å²) in [7, 11) is 0. The highest BCUT2D eigenvalue weighted by molar-refractivity contribution is 6.30. The lowest BCUT2D eigenvalue weighted by Gasteiger charge is -2.10. The number of carbonyl (C=O) groups is 1. The van der Waals surface area contributed by atoms with Crippen molar-refractivity contribution in [3.63, 3.8) is 0 Å². The van der Waals surface area contributed by atoms with Crippen molar-refractivity contribution in [2.24, 2.45) is 0 Å². The van der Waals surface area contributed by atoms with E-state index < -0.39 is 0 Å². The van der Waals surface area contributed by atoms with Gasteiger partial charge in [0.2, 0.25) is 0 Å². The third-order valence-corrected chi connectivity index (χ3v) is 3.03. The van der Waals surface area contributed by atoms with E-state index in [1.54, 1.807) is 55.5 Å². The molecule has 2 rings (SSSR count). The SMILES string of the molecule is CC(C=N)Oc1ccc(C(=O)c2ccc(Cl)cc2)cc1. The molecule has 0 bridgehead atoms. The number of hydrogen-bond donors (Lipinski definition) is 1. The fourth-order valence-electron chi connectivity index (χ4n) is 1.70. The van der Waals surface area contributed by atoms with Crippen LogP contribution in [0.1, 0.15) is 22.8 Å². The van der Waals surface area contributed by atoms with E-state index in [0.717, 1.165) is 0 Å². The molecule has 102 valence electrons. The predicted molar refractivity (Wildman–Crippen MR) is 80.2 cm³/mol. The van der Waals surface area contributed by atoms with E-state index in [0.29, 0.717) is 21.9 Å². The lowest BCUT2D eigenvalue weighted by atomic mass is 10.0. The molecule has 2 aromatic rings. The van der Waals surface area contributed by atoms with E-state index in [1.165, 1.54) is 6.21 Å². The molecular formula is C16H14ClNO2. The second-order valence-corrected chi connectivity index (χ2v) is 4.79. The van der Waals surface area contributed by atoms with Gasteiger partial charge in [-0.3, -0.25) is 4.79 Å². The van der Waals surface area contributed by atoms with Crippen LogP contribution in [-0.4, -0.2) is 18.1 Å². The second kappa shape index (κ2) is 6.35. The highest BCUT2D eigenvalue weighted by atomic mass is 35.5. The van der Waals surface area contributed by atoms with Gasteiger partial charge in [0.25, 0.3) is 0 Å². The molecule has 1 unspecified atom stereocenters. The molecule has 0 aliphatic rings. The number of halogens is 1. The van der Waals surface area contributed by atoms with Crippen molar-refractivity contribution in [1.29, 1.82) is 5.41 Å². The minimum Gasteiger partial charge on any atom is -0.485 e. The van der Waals surface area contributed by atoms with Gasteiger partial charge >= 0.3 is 0 Å². The van der Waals surface area contributed by atoms with Gasteiger partial charge in [0.05, 0.1) is 0 Å². The molecule has 0 aromatic heterocycles. The minimum atomic E-state index is -0.284. The Morgan fingerprint density at radius 2 is 1.60 bits per heavy atom. The zero-order valence-corrected chi connectivity index (χ0v) is 11.7. The van der Waals surface area contributed by atoms with Crippen LogP contribution in [0.4, 0.5) is 0 Å². The molecule has 0 fully saturated rings. The summed E-state index contributed by atoms with van der Waals surface area (Å²) in [6, 6.07) is 13.7. The van der Waals surface area contributed by atoms with Crippen LogP contribution in [0.5, 0.6) is 5.75 Å². The van der Waals surface area contributed by atoms with Crippen LogP contribution in [0.3, 0.4) is 0 Å². The van der Waals surface area contributed by atoms with E-state index in [9.17, 15) is 4.79 Å². The van der Waals surface area contributed by atoms with E-state index in [1.807, 2.05) is 0 Å². The monoisotopic (exact) mass is 287 g/mol. The predicted octanol–water partition coefficient (Wildman–Crippen LogP) is 3.99. The normalized spacial score (nSPS) is 11.7. The molecule has 0 amide bonds. The third-order valence-electron chi connectivity index (χ3n) is 2.78. The highest BCUT2D eigenvalue weighted by Gasteiger charge is 2.09. The molecule has 0 aliphatic carbocycles. The first-order valence-electron chi connectivity index (χ1n) is 6.18. The van der Waals surface area contributed by atoms with Gasteiger partial charge in [-0.15, -0.1) is 0 Å². The second-order valence-electron chi connectivity index (χ2n) is 4.35. The van der Waals surface area contributed by atoms with Crippen LogP contribution >= 0.6 is 11.6 Å². The molecule has 1 atom stereocenters. The number of nitrogens with one attached hydrogen (secondary N) is 1. The molecule has 2 aromatic carbocycles. The summed E-state index contributed by atoms with van der Waals surface area (Å²) in [5, 5.41) is 7.69. The van der Waals surface area contributed by atoms with Gasteiger partial charge in [-0.1, -0.05) is 11.6 Å². The van der Waals surface area contributed by atoms with Crippen LogP contribution in [-0.2, 0) is 0 Å². The molecular weight excluding hydrogens is 274 g/mol. The van der Waals surface area contributed by atoms with Crippen molar-refractivity contribution >= 4 is 23.6 Å². The van der Waals surface area contributed by atoms with Gasteiger partial charge in [0.1, 0.15) is 11.9 Å². The van der Waals surface area contributed by atoms with Crippen molar-refractivity contribution in [1.82, 2.24) is 0 Å². The Kier molecular flexibility index (Phi) is 4.53. The summed E-state index contributed by atoms with van der Waals surface area (Å²) < 4.78 is 5.45. The average Bonchev–Trinajstić information content (AvgIpc) is 2.48. The zero-order valence-electron chi connectivity index (χ0n) is 11.0. The summed E-state index contributed by atoms with van der Waals surface area (Å²) in [6.07, 6.45) is 0.931. The molecule has 3 nitrogen and oxygen atoms in total. The maximum absolute atomic E-state index is 12.2. The molecule has 0 spiro atoms. The molecule has 0 aliphatic heterocycles. The first kappa shape index (κ1) is 14.3. The Hall–Kier alpha value is -2.13. The molecule has 4 heteroatoms. The van der Waals surface area contributed by atoms with E-state index in [4.69, 9.17) is 21.7 Å². The number of hydrogen-bond acceptors (Lipinski definition) is 3. The first-order chi connectivity index (χ1) is 9.60. The van der Waals surface area contributed by atoms with Crippen LogP contribution in [0, 0.1) is 5.41 Å². The van der Waals surface area contributed by atoms with Gasteiger partial charge in [-0.2, -0.15) is 0 Å². The number of benzene rings is 2. The van der Waals surface area contributed by atoms with Gasteiger partial charge < -0.3 is 10.1 Å². The fourth-order valence-corrected chi connectivity index (χ4v) is 1.83. The van der Waals surface area contributed by atoms with Crippen molar-refractivity contribution in [2.45, 2.75) is 13.0 Å². The Morgan fingerprint density at radius 3 is 2.10 bits per heavy atom. The summed E-state index contributed by atoms with van der Waals surface area (Å²) in [6.45, 7) is 1.78. The van der Waals surface area contributed by atoms with Gasteiger partial charge in [-0.25, -0.2) is 0 Å². The molecule has 0 radical (unpaired) electrons. The number of rotatable bonds is 5. The lowest BCUT2D eigenvalue weighted by molar-refractivity contribution is 0.103. The first-order valence-corrected chi connectivity index (χ1v) is 6.55. The third kappa shape index (κ3) is 3.45.